The predicted octanol–water partition coefficient (Wildman–Crippen LogP) is 0.854. The van der Waals surface area contributed by atoms with E-state index in [-0.39, 0.29) is 29.5 Å². The molecule has 0 aromatic heterocycles. The van der Waals surface area contributed by atoms with Crippen LogP contribution in [0.5, 0.6) is 0 Å². The van der Waals surface area contributed by atoms with Crippen LogP contribution in [0.3, 0.4) is 0 Å². The normalized spacial score (nSPS) is 9.50. The summed E-state index contributed by atoms with van der Waals surface area (Å²) >= 11 is -0.269. The van der Waals surface area contributed by atoms with Crippen molar-refractivity contribution in [1.29, 1.82) is 0 Å². The first-order valence-corrected chi connectivity index (χ1v) is 10.1. The molecule has 0 aliphatic rings. The molecule has 12 heavy (non-hydrogen) atoms. The number of aliphatic carboxylic acids is 1. The van der Waals surface area contributed by atoms with Crippen molar-refractivity contribution in [3.8, 4) is 0 Å². The van der Waals surface area contributed by atoms with Gasteiger partial charge in [0.1, 0.15) is 5.78 Å². The van der Waals surface area contributed by atoms with Gasteiger partial charge in [0, 0.05) is 18.8 Å². The molecule has 0 amide bonds. The van der Waals surface area contributed by atoms with Crippen molar-refractivity contribution in [3.63, 3.8) is 0 Å². The van der Waals surface area contributed by atoms with E-state index in [1.54, 1.807) is 6.92 Å². The second-order valence-corrected chi connectivity index (χ2v) is 9.21. The quantitative estimate of drug-likeness (QED) is 0.706. The maximum absolute atomic E-state index is 10.2. The van der Waals surface area contributed by atoms with Gasteiger partial charge >= 0.3 is 33.3 Å². The number of carboxylic acid groups (broad SMARTS) is 1. The molecule has 0 rings (SSSR count). The molecule has 3 nitrogen and oxygen atoms in total. The standard InChI is InChI=1S/C5H8O3.3CH3.Pt/c1-2-4(6)3-5(7)8;;;;/h2-3H2,1H3,(H,7,8);3*1H3;/q;;;;+1/p-1. The van der Waals surface area contributed by atoms with Crippen LogP contribution in [0, 0.1) is 0 Å². The SMILES string of the molecule is CCC(=O)CC(=O)[O-].[CH3][Pt+]([CH3])[CH3]. The first-order chi connectivity index (χ1) is 5.40. The van der Waals surface area contributed by atoms with Crippen LogP contribution in [-0.2, 0) is 26.9 Å². The van der Waals surface area contributed by atoms with E-state index < -0.39 is 12.4 Å². The third kappa shape index (κ3) is 22.6. The van der Waals surface area contributed by atoms with E-state index in [0.717, 1.165) is 0 Å². The molecule has 0 unspecified atom stereocenters. The van der Waals surface area contributed by atoms with Gasteiger partial charge in [-0.2, -0.15) is 0 Å². The van der Waals surface area contributed by atoms with Crippen LogP contribution in [0.1, 0.15) is 19.8 Å². The van der Waals surface area contributed by atoms with Crippen LogP contribution in [0.2, 0.25) is 15.9 Å². The summed E-state index contributed by atoms with van der Waals surface area (Å²) in [4.78, 5) is 19.8. The number of carboxylic acids is 1. The fraction of sp³-hybridized carbons (Fsp3) is 0.750. The Morgan fingerprint density at radius 3 is 1.67 bits per heavy atom. The molecule has 0 spiro atoms. The Bertz CT molecular complexity index is 140. The second kappa shape index (κ2) is 8.92. The van der Waals surface area contributed by atoms with E-state index >= 15 is 0 Å². The molecular formula is C8H16O3Pt. The van der Waals surface area contributed by atoms with Crippen molar-refractivity contribution in [3.05, 3.63) is 0 Å². The van der Waals surface area contributed by atoms with Gasteiger partial charge in [0.2, 0.25) is 0 Å². The van der Waals surface area contributed by atoms with Crippen LogP contribution >= 0.6 is 0 Å². The van der Waals surface area contributed by atoms with Crippen LogP contribution < -0.4 is 5.11 Å². The number of rotatable bonds is 3. The molecule has 0 aliphatic heterocycles. The molecular weight excluding hydrogens is 339 g/mol. The zero-order chi connectivity index (χ0) is 10.1. The first-order valence-electron chi connectivity index (χ1n) is 3.33. The van der Waals surface area contributed by atoms with Gasteiger partial charge in [-0.25, -0.2) is 0 Å². The Balaban J connectivity index is 0. The molecule has 0 saturated heterocycles. The number of hydrogen-bond acceptors (Lipinski definition) is 3. The Morgan fingerprint density at radius 2 is 1.58 bits per heavy atom. The zero-order valence-corrected chi connectivity index (χ0v) is 10.2. The maximum atomic E-state index is 10.2. The van der Waals surface area contributed by atoms with E-state index in [1.165, 1.54) is 0 Å². The molecule has 0 aromatic carbocycles. The molecule has 0 bridgehead atoms. The van der Waals surface area contributed by atoms with Gasteiger partial charge in [-0.05, 0) is 0 Å². The van der Waals surface area contributed by atoms with Crippen molar-refractivity contribution in [2.24, 2.45) is 0 Å². The van der Waals surface area contributed by atoms with Gasteiger partial charge in [0.25, 0.3) is 0 Å². The topological polar surface area (TPSA) is 57.2 Å². The molecule has 4 heteroatoms. The van der Waals surface area contributed by atoms with Crippen LogP contribution in [0.4, 0.5) is 0 Å². The summed E-state index contributed by atoms with van der Waals surface area (Å²) in [5, 5.41) is 16.6. The summed E-state index contributed by atoms with van der Waals surface area (Å²) in [5.41, 5.74) is 0. The minimum absolute atomic E-state index is 0.269. The van der Waals surface area contributed by atoms with Gasteiger partial charge in [0.05, 0.1) is 0 Å². The van der Waals surface area contributed by atoms with Crippen LogP contribution in [0.15, 0.2) is 0 Å². The van der Waals surface area contributed by atoms with Gasteiger partial charge in [-0.15, -0.1) is 0 Å². The van der Waals surface area contributed by atoms with Crippen molar-refractivity contribution in [2.45, 2.75) is 35.7 Å². The summed E-state index contributed by atoms with van der Waals surface area (Å²) in [6, 6.07) is 0. The molecule has 0 aromatic rings. The number of ketones is 1. The minimum atomic E-state index is -1.29. The second-order valence-electron chi connectivity index (χ2n) is 2.39. The van der Waals surface area contributed by atoms with E-state index in [2.05, 4.69) is 15.9 Å². The molecule has 0 aliphatic carbocycles. The summed E-state index contributed by atoms with van der Waals surface area (Å²) in [6.45, 7) is 1.62. The van der Waals surface area contributed by atoms with Gasteiger partial charge < -0.3 is 9.90 Å². The molecule has 0 heterocycles. The summed E-state index contributed by atoms with van der Waals surface area (Å²) in [5.74, 6) is -1.58. The third-order valence-electron chi connectivity index (χ3n) is 0.736. The van der Waals surface area contributed by atoms with Crippen molar-refractivity contribution >= 4 is 11.8 Å². The monoisotopic (exact) mass is 355 g/mol. The van der Waals surface area contributed by atoms with E-state index in [1.807, 2.05) is 0 Å². The zero-order valence-electron chi connectivity index (χ0n) is 7.96. The predicted molar refractivity (Wildman–Crippen MR) is 42.5 cm³/mol. The van der Waals surface area contributed by atoms with E-state index in [9.17, 15) is 14.7 Å². The van der Waals surface area contributed by atoms with Crippen molar-refractivity contribution < 1.29 is 32.0 Å². The average Bonchev–Trinajstić information content (AvgIpc) is 1.84. The molecule has 0 radical (unpaired) electrons. The first kappa shape index (κ1) is 14.4. The van der Waals surface area contributed by atoms with Gasteiger partial charge in [-0.1, -0.05) is 6.92 Å². The average molecular weight is 355 g/mol. The molecule has 0 fully saturated rings. The number of carbonyl (C=O) groups excluding carboxylic acids is 2. The van der Waals surface area contributed by atoms with Crippen molar-refractivity contribution in [2.75, 3.05) is 0 Å². The number of carbonyl (C=O) groups is 2. The molecule has 76 valence electrons. The fourth-order valence-electron chi connectivity index (χ4n) is 0.286. The number of Topliss-reactive ketones (excluding diaryl/α,β-unsaturated/α-hetero) is 1. The summed E-state index contributed by atoms with van der Waals surface area (Å²) < 4.78 is 0. The van der Waals surface area contributed by atoms with E-state index in [4.69, 9.17) is 0 Å². The van der Waals surface area contributed by atoms with Crippen LogP contribution in [-0.4, -0.2) is 11.8 Å². The summed E-state index contributed by atoms with van der Waals surface area (Å²) in [7, 11) is 0. The molecule has 0 saturated carbocycles. The van der Waals surface area contributed by atoms with Crippen molar-refractivity contribution in [1.82, 2.24) is 0 Å². The summed E-state index contributed by atoms with van der Waals surface area (Å²) in [6.07, 6.45) is -0.176. The van der Waals surface area contributed by atoms with Gasteiger partial charge in [-0.3, -0.25) is 4.79 Å². The third-order valence-corrected chi connectivity index (χ3v) is 0.736. The Hall–Kier alpha value is -0.172. The Morgan fingerprint density at radius 1 is 1.25 bits per heavy atom. The van der Waals surface area contributed by atoms with E-state index in [0.29, 0.717) is 0 Å². The molecule has 0 atom stereocenters. The fourth-order valence-corrected chi connectivity index (χ4v) is 0.286. The van der Waals surface area contributed by atoms with Gasteiger partial charge in [0.15, 0.2) is 0 Å². The molecule has 0 N–H and O–H groups in total. The Kier molecular flexibility index (Phi) is 10.7. The Labute approximate surface area is 79.7 Å². The number of hydrogen-bond donors (Lipinski definition) is 0. The van der Waals surface area contributed by atoms with Crippen LogP contribution in [0.25, 0.3) is 0 Å².